The van der Waals surface area contributed by atoms with Crippen molar-refractivity contribution in [3.05, 3.63) is 10.4 Å². The Labute approximate surface area is 186 Å². The Hall–Kier alpha value is -2.44. The van der Waals surface area contributed by atoms with Crippen LogP contribution in [0.4, 0.5) is 0 Å². The van der Waals surface area contributed by atoms with Crippen molar-refractivity contribution in [2.45, 2.75) is 69.7 Å². The van der Waals surface area contributed by atoms with Crippen molar-refractivity contribution in [2.75, 3.05) is 0 Å². The van der Waals surface area contributed by atoms with E-state index in [4.69, 9.17) is 18.9 Å². The molecule has 6 aliphatic rings. The molecule has 178 valence electrons. The second-order valence-electron chi connectivity index (χ2n) is 11.0. The number of hydrogen-bond acceptors (Lipinski definition) is 11. The lowest BCUT2D eigenvalue weighted by Crippen LogP contribution is -2.64. The number of aliphatic hydroxyl groups excluding tert-OH is 2. The molecule has 4 saturated heterocycles. The number of esters is 3. The highest BCUT2D eigenvalue weighted by Gasteiger charge is 3.04. The van der Waals surface area contributed by atoms with Crippen molar-refractivity contribution in [1.29, 1.82) is 0 Å². The zero-order valence-electron chi connectivity index (χ0n) is 18.2. The van der Waals surface area contributed by atoms with Crippen LogP contribution in [0, 0.1) is 34.0 Å². The lowest BCUT2D eigenvalue weighted by molar-refractivity contribution is -0.324. The Morgan fingerprint density at radius 3 is 2.36 bits per heavy atom. The van der Waals surface area contributed by atoms with Crippen LogP contribution < -0.4 is 0 Å². The smallest absolute Gasteiger partial charge is 0.338 e. The Morgan fingerprint density at radius 2 is 1.76 bits per heavy atom. The number of azide groups is 1. The van der Waals surface area contributed by atoms with Crippen LogP contribution in [0.5, 0.6) is 0 Å². The molecule has 0 aromatic carbocycles. The molecule has 0 amide bonds. The summed E-state index contributed by atoms with van der Waals surface area (Å²) in [5, 5.41) is 38.9. The van der Waals surface area contributed by atoms with E-state index < -0.39 is 93.9 Å². The second kappa shape index (κ2) is 5.44. The van der Waals surface area contributed by atoms with E-state index >= 15 is 0 Å². The Balaban J connectivity index is 1.76. The molecule has 12 atom stereocenters. The van der Waals surface area contributed by atoms with Gasteiger partial charge in [-0.25, -0.2) is 4.79 Å². The van der Waals surface area contributed by atoms with Gasteiger partial charge in [-0.15, -0.1) is 0 Å². The van der Waals surface area contributed by atoms with Gasteiger partial charge in [0.2, 0.25) is 6.29 Å². The molecule has 2 aliphatic carbocycles. The maximum Gasteiger partial charge on any atom is 0.338 e. The molecule has 6 fully saturated rings. The molecule has 0 aromatic heterocycles. The van der Waals surface area contributed by atoms with Gasteiger partial charge in [0.1, 0.15) is 6.10 Å². The van der Waals surface area contributed by atoms with E-state index in [1.165, 1.54) is 6.92 Å². The van der Waals surface area contributed by atoms with Gasteiger partial charge in [-0.1, -0.05) is 25.9 Å². The summed E-state index contributed by atoms with van der Waals surface area (Å²) in [5.41, 5.74) is 2.31. The number of fused-ring (bicyclic) bond motifs is 1. The normalized spacial score (nSPS) is 57.6. The standard InChI is InChI=1S/C20H23N3O10/c1-5-12(26)30-11-9(24)18-6-7(22-23-21)8(16(2,3)4)17(18)10(25)14(28)31-15(17)33-20(18,19(5,11)29)32-13(6)27/h5-11,15,24-25,29H,1-4H3/t5-,6+,7?,8+,9+,10+,11+,15+,17+,18+,19-,20+/m1/s1. The van der Waals surface area contributed by atoms with Crippen LogP contribution in [0.2, 0.25) is 0 Å². The molecule has 6 rings (SSSR count). The third-order valence-electron chi connectivity index (χ3n) is 9.10. The zero-order valence-corrected chi connectivity index (χ0v) is 18.2. The van der Waals surface area contributed by atoms with Crippen molar-refractivity contribution in [2.24, 2.45) is 39.1 Å². The van der Waals surface area contributed by atoms with Crippen molar-refractivity contribution in [3.63, 3.8) is 0 Å². The first-order valence-corrected chi connectivity index (χ1v) is 10.7. The lowest BCUT2D eigenvalue weighted by atomic mass is 9.52. The average molecular weight is 465 g/mol. The average Bonchev–Trinajstić information content (AvgIpc) is 3.41. The number of rotatable bonds is 1. The molecule has 33 heavy (non-hydrogen) atoms. The first kappa shape index (κ1) is 21.1. The van der Waals surface area contributed by atoms with E-state index in [0.29, 0.717) is 0 Å². The zero-order chi connectivity index (χ0) is 24.1. The van der Waals surface area contributed by atoms with Gasteiger partial charge in [-0.2, -0.15) is 0 Å². The van der Waals surface area contributed by atoms with E-state index in [2.05, 4.69) is 10.0 Å². The lowest BCUT2D eigenvalue weighted by Gasteiger charge is -2.48. The quantitative estimate of drug-likeness (QED) is 0.144. The molecule has 3 N–H and O–H groups in total. The number of nitrogens with zero attached hydrogens (tertiary/aromatic N) is 3. The molecule has 0 radical (unpaired) electrons. The monoisotopic (exact) mass is 465 g/mol. The van der Waals surface area contributed by atoms with Crippen LogP contribution in [-0.4, -0.2) is 75.3 Å². The van der Waals surface area contributed by atoms with Gasteiger partial charge in [-0.05, 0) is 23.8 Å². The minimum atomic E-state index is -2.40. The van der Waals surface area contributed by atoms with E-state index in [0.717, 1.165) is 0 Å². The number of aliphatic hydroxyl groups is 3. The van der Waals surface area contributed by atoms with Gasteiger partial charge in [0, 0.05) is 4.91 Å². The highest BCUT2D eigenvalue weighted by Crippen LogP contribution is 2.86. The Morgan fingerprint density at radius 1 is 1.09 bits per heavy atom. The second-order valence-corrected chi connectivity index (χ2v) is 11.0. The van der Waals surface area contributed by atoms with Crippen molar-refractivity contribution in [3.8, 4) is 0 Å². The molecule has 2 spiro atoms. The highest BCUT2D eigenvalue weighted by atomic mass is 16.8. The summed E-state index contributed by atoms with van der Waals surface area (Å²) in [6, 6.07) is -1.19. The van der Waals surface area contributed by atoms with Crippen molar-refractivity contribution < 1.29 is 48.7 Å². The summed E-state index contributed by atoms with van der Waals surface area (Å²) in [4.78, 5) is 41.4. The van der Waals surface area contributed by atoms with Crippen molar-refractivity contribution in [1.82, 2.24) is 0 Å². The van der Waals surface area contributed by atoms with Gasteiger partial charge in [0.05, 0.1) is 28.7 Å². The molecule has 13 heteroatoms. The highest BCUT2D eigenvalue weighted by molar-refractivity contribution is 5.87. The molecule has 13 nitrogen and oxygen atoms in total. The predicted octanol–water partition coefficient (Wildman–Crippen LogP) is -0.876. The van der Waals surface area contributed by atoms with E-state index in [1.807, 2.05) is 0 Å². The molecule has 0 bridgehead atoms. The largest absolute Gasteiger partial charge is 0.456 e. The van der Waals surface area contributed by atoms with Crippen LogP contribution in [-0.2, 0) is 33.3 Å². The van der Waals surface area contributed by atoms with Gasteiger partial charge in [-0.3, -0.25) is 14.3 Å². The number of ether oxygens (including phenoxy) is 4. The number of carbonyl (C=O) groups excluding carboxylic acids is 3. The summed E-state index contributed by atoms with van der Waals surface area (Å²) in [7, 11) is 0. The topological polar surface area (TPSA) is 198 Å². The first-order chi connectivity index (χ1) is 15.3. The molecule has 2 saturated carbocycles. The molecular weight excluding hydrogens is 442 g/mol. The van der Waals surface area contributed by atoms with E-state index in [1.54, 1.807) is 20.8 Å². The molecule has 4 heterocycles. The fourth-order valence-corrected chi connectivity index (χ4v) is 8.42. The fraction of sp³-hybridized carbons (Fsp3) is 0.850. The summed E-state index contributed by atoms with van der Waals surface area (Å²) in [6.45, 7) is 6.64. The minimum absolute atomic E-state index is 0.826. The number of carbonyl (C=O) groups is 3. The van der Waals surface area contributed by atoms with Gasteiger partial charge in [0.15, 0.2) is 17.8 Å². The molecule has 0 aromatic rings. The summed E-state index contributed by atoms with van der Waals surface area (Å²) < 4.78 is 22.5. The Bertz CT molecular complexity index is 1080. The Kier molecular flexibility index (Phi) is 3.48. The molecule has 4 aliphatic heterocycles. The van der Waals surface area contributed by atoms with Gasteiger partial charge < -0.3 is 29.5 Å². The minimum Gasteiger partial charge on any atom is -0.456 e. The van der Waals surface area contributed by atoms with Crippen LogP contribution in [0.25, 0.3) is 10.4 Å². The molecule has 1 unspecified atom stereocenters. The van der Waals surface area contributed by atoms with E-state index in [9.17, 15) is 35.2 Å². The summed E-state index contributed by atoms with van der Waals surface area (Å²) in [6.07, 6.45) is -6.86. The summed E-state index contributed by atoms with van der Waals surface area (Å²) in [5.74, 6) is -8.86. The third kappa shape index (κ3) is 1.62. The predicted molar refractivity (Wildman–Crippen MR) is 100 cm³/mol. The first-order valence-electron chi connectivity index (χ1n) is 10.7. The third-order valence-corrected chi connectivity index (χ3v) is 9.10. The molecular formula is C20H23N3O10. The van der Waals surface area contributed by atoms with Crippen LogP contribution >= 0.6 is 0 Å². The summed E-state index contributed by atoms with van der Waals surface area (Å²) >= 11 is 0. The SMILES string of the molecule is C[C@@H]1C(=O)O[C@H]2[C@H](O)[C@]34[C@@H]5C(=O)O[C@@]3(O[C@@H]3OC(=O)[C@H](O)[C@@]34[C@H](C(C)(C)C)C5N=[N+]=[N-])[C@@]12O. The van der Waals surface area contributed by atoms with Crippen LogP contribution in [0.3, 0.4) is 0 Å². The number of hydrogen-bond donors (Lipinski definition) is 3. The van der Waals surface area contributed by atoms with Crippen LogP contribution in [0.15, 0.2) is 5.11 Å². The maximum absolute atomic E-state index is 13.4. The fourth-order valence-electron chi connectivity index (χ4n) is 8.42. The maximum atomic E-state index is 13.4. The van der Waals surface area contributed by atoms with Crippen molar-refractivity contribution >= 4 is 17.9 Å². The van der Waals surface area contributed by atoms with Crippen LogP contribution in [0.1, 0.15) is 27.7 Å². The van der Waals surface area contributed by atoms with E-state index in [-0.39, 0.29) is 0 Å². The van der Waals surface area contributed by atoms with Gasteiger partial charge in [0.25, 0.3) is 5.79 Å². The van der Waals surface area contributed by atoms with Gasteiger partial charge >= 0.3 is 17.9 Å².